The number of amides is 1. The largest absolute Gasteiger partial charge is 0.496 e. The van der Waals surface area contributed by atoms with Gasteiger partial charge in [-0.05, 0) is 12.1 Å². The van der Waals surface area contributed by atoms with Gasteiger partial charge in [-0.2, -0.15) is 0 Å². The van der Waals surface area contributed by atoms with Gasteiger partial charge >= 0.3 is 0 Å². The van der Waals surface area contributed by atoms with Crippen LogP contribution < -0.4 is 15.4 Å². The van der Waals surface area contributed by atoms with Crippen molar-refractivity contribution in [3.05, 3.63) is 46.9 Å². The Morgan fingerprint density at radius 3 is 2.76 bits per heavy atom. The molecule has 21 heavy (non-hydrogen) atoms. The van der Waals surface area contributed by atoms with Crippen molar-refractivity contribution in [3.63, 3.8) is 0 Å². The molecule has 0 aliphatic heterocycles. The minimum absolute atomic E-state index is 0.236. The van der Waals surface area contributed by atoms with Crippen LogP contribution in [-0.2, 0) is 6.54 Å². The zero-order valence-corrected chi connectivity index (χ0v) is 12.4. The molecule has 7 heteroatoms. The fraction of sp³-hybridized carbons (Fsp3) is 0.214. The Kier molecular flexibility index (Phi) is 4.94. The van der Waals surface area contributed by atoms with Gasteiger partial charge in [0.2, 0.25) is 0 Å². The number of hydrogen-bond acceptors (Lipinski definition) is 5. The molecular weight excluding hydrogens is 292 g/mol. The van der Waals surface area contributed by atoms with Crippen LogP contribution in [0.2, 0.25) is 5.02 Å². The summed E-state index contributed by atoms with van der Waals surface area (Å²) in [6.45, 7) is 0.247. The monoisotopic (exact) mass is 306 g/mol. The summed E-state index contributed by atoms with van der Waals surface area (Å²) in [5.41, 5.74) is 0.954. The van der Waals surface area contributed by atoms with E-state index in [0.717, 1.165) is 5.56 Å². The highest BCUT2D eigenvalue weighted by atomic mass is 35.5. The number of halogens is 1. The molecule has 0 radical (unpaired) electrons. The first-order valence-corrected chi connectivity index (χ1v) is 6.63. The predicted octanol–water partition coefficient (Wildman–Crippen LogP) is 2.11. The standard InChI is InChI=1S/C14H15ClN4O2/c1-16-13-8-17-11(7-18-13)14(20)19-6-9-10(15)4-3-5-12(9)21-2/h3-5,7-8H,6H2,1-2H3,(H,16,18)(H,19,20). The number of benzene rings is 1. The Hall–Kier alpha value is -2.34. The number of aromatic nitrogens is 2. The molecule has 1 aromatic heterocycles. The maximum atomic E-state index is 12.0. The SMILES string of the molecule is CNc1cnc(C(=O)NCc2c(Cl)cccc2OC)cn1. The van der Waals surface area contributed by atoms with Crippen molar-refractivity contribution in [2.45, 2.75) is 6.54 Å². The maximum absolute atomic E-state index is 12.0. The molecule has 0 unspecified atom stereocenters. The van der Waals surface area contributed by atoms with E-state index in [2.05, 4.69) is 20.6 Å². The summed E-state index contributed by atoms with van der Waals surface area (Å²) in [6, 6.07) is 5.32. The third kappa shape index (κ3) is 3.61. The van der Waals surface area contributed by atoms with Crippen molar-refractivity contribution in [2.24, 2.45) is 0 Å². The second-order valence-electron chi connectivity index (χ2n) is 4.14. The van der Waals surface area contributed by atoms with Gasteiger partial charge in [-0.15, -0.1) is 0 Å². The number of nitrogens with zero attached hydrogens (tertiary/aromatic N) is 2. The average molecular weight is 307 g/mol. The Morgan fingerprint density at radius 1 is 1.33 bits per heavy atom. The number of anilines is 1. The van der Waals surface area contributed by atoms with Crippen molar-refractivity contribution in [1.29, 1.82) is 0 Å². The van der Waals surface area contributed by atoms with Gasteiger partial charge in [-0.3, -0.25) is 4.79 Å². The summed E-state index contributed by atoms with van der Waals surface area (Å²) in [5.74, 6) is 0.894. The molecule has 2 rings (SSSR count). The van der Waals surface area contributed by atoms with E-state index in [1.165, 1.54) is 12.4 Å². The molecule has 0 saturated heterocycles. The van der Waals surface area contributed by atoms with Crippen molar-refractivity contribution < 1.29 is 9.53 Å². The second kappa shape index (κ2) is 6.90. The number of nitrogens with one attached hydrogen (secondary N) is 2. The second-order valence-corrected chi connectivity index (χ2v) is 4.55. The number of rotatable bonds is 5. The zero-order chi connectivity index (χ0) is 15.2. The van der Waals surface area contributed by atoms with Gasteiger partial charge < -0.3 is 15.4 Å². The fourth-order valence-electron chi connectivity index (χ4n) is 1.74. The number of ether oxygens (including phenoxy) is 1. The van der Waals surface area contributed by atoms with E-state index in [9.17, 15) is 4.79 Å². The fourth-order valence-corrected chi connectivity index (χ4v) is 1.97. The Labute approximate surface area is 127 Å². The van der Waals surface area contributed by atoms with Crippen LogP contribution >= 0.6 is 11.6 Å². The number of methoxy groups -OCH3 is 1. The molecule has 2 aromatic rings. The molecule has 0 aliphatic rings. The predicted molar refractivity (Wildman–Crippen MR) is 80.8 cm³/mol. The van der Waals surface area contributed by atoms with Crippen molar-refractivity contribution in [3.8, 4) is 5.75 Å². The lowest BCUT2D eigenvalue weighted by atomic mass is 10.2. The van der Waals surface area contributed by atoms with Gasteiger partial charge in [0.1, 0.15) is 17.3 Å². The molecular formula is C14H15ClN4O2. The molecule has 1 aromatic carbocycles. The molecule has 110 valence electrons. The van der Waals surface area contributed by atoms with E-state index in [1.54, 1.807) is 32.4 Å². The minimum Gasteiger partial charge on any atom is -0.496 e. The van der Waals surface area contributed by atoms with Crippen molar-refractivity contribution >= 4 is 23.3 Å². The first kappa shape index (κ1) is 15.1. The molecule has 0 bridgehead atoms. The average Bonchev–Trinajstić information content (AvgIpc) is 2.53. The van der Waals surface area contributed by atoms with Crippen LogP contribution in [0, 0.1) is 0 Å². The molecule has 0 spiro atoms. The van der Waals surface area contributed by atoms with Crippen LogP contribution in [0.25, 0.3) is 0 Å². The first-order valence-electron chi connectivity index (χ1n) is 6.25. The third-order valence-electron chi connectivity index (χ3n) is 2.86. The van der Waals surface area contributed by atoms with Crippen LogP contribution in [0.5, 0.6) is 5.75 Å². The first-order chi connectivity index (χ1) is 10.2. The molecule has 6 nitrogen and oxygen atoms in total. The molecule has 1 amide bonds. The number of carbonyl (C=O) groups excluding carboxylic acids is 1. The maximum Gasteiger partial charge on any atom is 0.271 e. The highest BCUT2D eigenvalue weighted by Gasteiger charge is 2.11. The quantitative estimate of drug-likeness (QED) is 0.885. The van der Waals surface area contributed by atoms with E-state index < -0.39 is 0 Å². The highest BCUT2D eigenvalue weighted by Crippen LogP contribution is 2.25. The Morgan fingerprint density at radius 2 is 2.14 bits per heavy atom. The Bertz CT molecular complexity index is 631. The van der Waals surface area contributed by atoms with Gasteiger partial charge in [0.15, 0.2) is 0 Å². The molecule has 0 fully saturated rings. The Balaban J connectivity index is 2.07. The van der Waals surface area contributed by atoms with E-state index >= 15 is 0 Å². The van der Waals surface area contributed by atoms with E-state index in [0.29, 0.717) is 16.6 Å². The lowest BCUT2D eigenvalue weighted by molar-refractivity contribution is 0.0945. The van der Waals surface area contributed by atoms with E-state index in [-0.39, 0.29) is 18.1 Å². The van der Waals surface area contributed by atoms with Crippen LogP contribution in [0.15, 0.2) is 30.6 Å². The van der Waals surface area contributed by atoms with E-state index in [4.69, 9.17) is 16.3 Å². The van der Waals surface area contributed by atoms with Gasteiger partial charge in [-0.25, -0.2) is 9.97 Å². The lowest BCUT2D eigenvalue weighted by Gasteiger charge is -2.11. The summed E-state index contributed by atoms with van der Waals surface area (Å²) in [7, 11) is 3.28. The topological polar surface area (TPSA) is 76.1 Å². The molecule has 2 N–H and O–H groups in total. The molecule has 0 saturated carbocycles. The summed E-state index contributed by atoms with van der Waals surface area (Å²) in [6.07, 6.45) is 2.90. The summed E-state index contributed by atoms with van der Waals surface area (Å²) >= 11 is 6.11. The van der Waals surface area contributed by atoms with Gasteiger partial charge in [0.05, 0.1) is 19.5 Å². The van der Waals surface area contributed by atoms with Crippen LogP contribution in [0.1, 0.15) is 16.1 Å². The van der Waals surface area contributed by atoms with Crippen LogP contribution in [0.4, 0.5) is 5.82 Å². The summed E-state index contributed by atoms with van der Waals surface area (Å²) in [5, 5.41) is 6.11. The lowest BCUT2D eigenvalue weighted by Crippen LogP contribution is -2.24. The normalized spacial score (nSPS) is 10.0. The highest BCUT2D eigenvalue weighted by molar-refractivity contribution is 6.31. The van der Waals surface area contributed by atoms with E-state index in [1.807, 2.05) is 0 Å². The van der Waals surface area contributed by atoms with Gasteiger partial charge in [-0.1, -0.05) is 17.7 Å². The van der Waals surface area contributed by atoms with Crippen LogP contribution in [-0.4, -0.2) is 30.0 Å². The third-order valence-corrected chi connectivity index (χ3v) is 3.22. The van der Waals surface area contributed by atoms with Crippen molar-refractivity contribution in [2.75, 3.05) is 19.5 Å². The smallest absolute Gasteiger partial charge is 0.271 e. The summed E-state index contributed by atoms with van der Waals surface area (Å²) < 4.78 is 5.22. The molecule has 1 heterocycles. The number of hydrogen-bond donors (Lipinski definition) is 2. The molecule has 0 aliphatic carbocycles. The molecule has 0 atom stereocenters. The van der Waals surface area contributed by atoms with Gasteiger partial charge in [0, 0.05) is 24.2 Å². The van der Waals surface area contributed by atoms with Gasteiger partial charge in [0.25, 0.3) is 5.91 Å². The van der Waals surface area contributed by atoms with Crippen molar-refractivity contribution in [1.82, 2.24) is 15.3 Å². The zero-order valence-electron chi connectivity index (χ0n) is 11.7. The van der Waals surface area contributed by atoms with Crippen LogP contribution in [0.3, 0.4) is 0 Å². The number of carbonyl (C=O) groups is 1. The minimum atomic E-state index is -0.327. The summed E-state index contributed by atoms with van der Waals surface area (Å²) in [4.78, 5) is 20.1.